The van der Waals surface area contributed by atoms with Crippen molar-refractivity contribution in [3.05, 3.63) is 29.8 Å². The zero-order valence-corrected chi connectivity index (χ0v) is 10.1. The van der Waals surface area contributed by atoms with Gasteiger partial charge in [-0.2, -0.15) is 0 Å². The normalized spacial score (nSPS) is 7.70. The van der Waals surface area contributed by atoms with Gasteiger partial charge in [0.25, 0.3) is 0 Å². The monoisotopic (exact) mass is 246 g/mol. The molecule has 0 aromatic heterocycles. The van der Waals surface area contributed by atoms with Gasteiger partial charge in [-0.15, -0.1) is 17.0 Å². The van der Waals surface area contributed by atoms with E-state index >= 15 is 0 Å². The maximum absolute atomic E-state index is 8.49. The molecule has 1 nitrogen and oxygen atoms in total. The molecule has 0 unspecified atom stereocenters. The van der Waals surface area contributed by atoms with Gasteiger partial charge in [0.05, 0.1) is 0 Å². The third kappa shape index (κ3) is 2.21. The minimum atomic E-state index is 0. The fourth-order valence-corrected chi connectivity index (χ4v) is 1.33. The van der Waals surface area contributed by atoms with E-state index in [1.807, 2.05) is 24.3 Å². The van der Waals surface area contributed by atoms with Crippen molar-refractivity contribution in [2.24, 2.45) is 0 Å². The van der Waals surface area contributed by atoms with Gasteiger partial charge in [0, 0.05) is 0 Å². The van der Waals surface area contributed by atoms with E-state index in [4.69, 9.17) is 5.26 Å². The Bertz CT molecular complexity index is 254. The number of nitriles is 1. The van der Waals surface area contributed by atoms with E-state index in [9.17, 15) is 0 Å². The van der Waals surface area contributed by atoms with E-state index in [2.05, 4.69) is 6.07 Å². The molecule has 0 amide bonds. The molecule has 47 valence electrons. The van der Waals surface area contributed by atoms with E-state index in [0.29, 0.717) is 0 Å². The van der Waals surface area contributed by atoms with Gasteiger partial charge in [-0.25, -0.2) is 0 Å². The van der Waals surface area contributed by atoms with Crippen molar-refractivity contribution in [2.45, 2.75) is 0 Å². The van der Waals surface area contributed by atoms with Crippen LogP contribution in [-0.4, -0.2) is 0 Å². The zero-order chi connectivity index (χ0) is 6.69. The Labute approximate surface area is 80.5 Å². The van der Waals surface area contributed by atoms with Gasteiger partial charge < -0.3 is 0 Å². The van der Waals surface area contributed by atoms with Gasteiger partial charge in [0.2, 0.25) is 0 Å². The van der Waals surface area contributed by atoms with Gasteiger partial charge in [0.1, 0.15) is 0 Å². The number of halogens is 1. The Balaban J connectivity index is 0.000000810. The van der Waals surface area contributed by atoms with Crippen LogP contribution in [0, 0.1) is 11.3 Å². The molecule has 0 aliphatic rings. The molecule has 0 fully saturated rings. The number of benzene rings is 1. The van der Waals surface area contributed by atoms with Crippen molar-refractivity contribution < 1.29 is 18.3 Å². The molecule has 0 heterocycles. The summed E-state index contributed by atoms with van der Waals surface area (Å²) in [4.78, 5) is 0. The molecule has 0 aliphatic carbocycles. The summed E-state index contributed by atoms with van der Waals surface area (Å²) in [6, 6.07) is 9.80. The standard InChI is InChI=1S/C7H4N.BrH.Zn/c8-6-7-4-2-1-3-5-7;;/h1-4H;1H;. The fourth-order valence-electron chi connectivity index (χ4n) is 0.629. The first-order chi connectivity index (χ1) is 4.34. The Morgan fingerprint density at radius 2 is 1.90 bits per heavy atom. The molecule has 0 bridgehead atoms. The maximum atomic E-state index is 8.49. The molecule has 0 spiro atoms. The van der Waals surface area contributed by atoms with E-state index in [1.54, 1.807) is 0 Å². The first-order valence-corrected chi connectivity index (χ1v) is 4.14. The predicted molar refractivity (Wildman–Crippen MR) is 41.1 cm³/mol. The zero-order valence-electron chi connectivity index (χ0n) is 5.37. The summed E-state index contributed by atoms with van der Waals surface area (Å²) >= 11 is 1.06. The van der Waals surface area contributed by atoms with Crippen LogP contribution in [0.3, 0.4) is 0 Å². The van der Waals surface area contributed by atoms with E-state index < -0.39 is 0 Å². The van der Waals surface area contributed by atoms with Crippen LogP contribution in [0.15, 0.2) is 24.3 Å². The van der Waals surface area contributed by atoms with Gasteiger partial charge >= 0.3 is 63.6 Å². The second kappa shape index (κ2) is 4.60. The molecule has 1 rings (SSSR count). The molecule has 1 aromatic carbocycles. The number of hydrogen-bond acceptors (Lipinski definition) is 1. The summed E-state index contributed by atoms with van der Waals surface area (Å²) in [6.45, 7) is 0. The molecule has 0 saturated heterocycles. The predicted octanol–water partition coefficient (Wildman–Crippen LogP) is 1.31. The van der Waals surface area contributed by atoms with Crippen molar-refractivity contribution in [3.63, 3.8) is 0 Å². The van der Waals surface area contributed by atoms with E-state index in [0.717, 1.165) is 23.9 Å². The van der Waals surface area contributed by atoms with Crippen LogP contribution in [0.25, 0.3) is 0 Å². The van der Waals surface area contributed by atoms with E-state index in [-0.39, 0.29) is 17.0 Å². The van der Waals surface area contributed by atoms with Gasteiger partial charge in [-0.3, -0.25) is 0 Å². The Morgan fingerprint density at radius 3 is 2.30 bits per heavy atom. The molecule has 1 aromatic rings. The van der Waals surface area contributed by atoms with Gasteiger partial charge in [0.15, 0.2) is 0 Å². The summed E-state index contributed by atoms with van der Waals surface area (Å²) in [5.41, 5.74) is 0.817. The summed E-state index contributed by atoms with van der Waals surface area (Å²) in [6.07, 6.45) is 0. The number of rotatable bonds is 0. The number of nitrogens with zero attached hydrogens (tertiary/aromatic N) is 1. The molecule has 0 atom stereocenters. The average molecular weight is 248 g/mol. The third-order valence-corrected chi connectivity index (χ3v) is 2.43. The van der Waals surface area contributed by atoms with Crippen molar-refractivity contribution in [1.29, 1.82) is 5.26 Å². The molecule has 0 N–H and O–H groups in total. The first kappa shape index (κ1) is 9.81. The van der Waals surface area contributed by atoms with Gasteiger partial charge in [-0.05, 0) is 0 Å². The second-order valence-electron chi connectivity index (χ2n) is 1.77. The molecule has 3 heteroatoms. The molecular formula is C7H5BrNZn. The molecule has 0 saturated carbocycles. The second-order valence-corrected chi connectivity index (χ2v) is 3.37. The Hall–Kier alpha value is -0.187. The molecule has 0 aliphatic heterocycles. The van der Waals surface area contributed by atoms with Crippen molar-refractivity contribution in [1.82, 2.24) is 0 Å². The first-order valence-electron chi connectivity index (χ1n) is 2.65. The average Bonchev–Trinajstić information content (AvgIpc) is 1.89. The van der Waals surface area contributed by atoms with Crippen LogP contribution in [0.1, 0.15) is 5.56 Å². The van der Waals surface area contributed by atoms with Crippen molar-refractivity contribution >= 4 is 21.1 Å². The SMILES string of the molecule is Br.N#Cc1cccc[c]1[Zn]. The Morgan fingerprint density at radius 1 is 1.30 bits per heavy atom. The number of hydrogen-bond donors (Lipinski definition) is 0. The molecular weight excluding hydrogens is 243 g/mol. The van der Waals surface area contributed by atoms with E-state index in [1.165, 1.54) is 4.16 Å². The Kier molecular flexibility index (Phi) is 4.52. The van der Waals surface area contributed by atoms with Crippen LogP contribution in [0.5, 0.6) is 0 Å². The quantitative estimate of drug-likeness (QED) is 0.635. The summed E-state index contributed by atoms with van der Waals surface area (Å²) in [5.74, 6) is 0. The minimum absolute atomic E-state index is 0. The van der Waals surface area contributed by atoms with Crippen LogP contribution in [0.2, 0.25) is 0 Å². The van der Waals surface area contributed by atoms with Gasteiger partial charge in [-0.1, -0.05) is 0 Å². The van der Waals surface area contributed by atoms with Crippen LogP contribution < -0.4 is 4.16 Å². The summed E-state index contributed by atoms with van der Waals surface area (Å²) < 4.78 is 1.17. The van der Waals surface area contributed by atoms with Crippen LogP contribution in [0.4, 0.5) is 0 Å². The molecule has 10 heavy (non-hydrogen) atoms. The van der Waals surface area contributed by atoms with Crippen molar-refractivity contribution in [2.75, 3.05) is 0 Å². The fraction of sp³-hybridized carbons (Fsp3) is 0. The topological polar surface area (TPSA) is 23.8 Å². The van der Waals surface area contributed by atoms with Crippen LogP contribution >= 0.6 is 17.0 Å². The summed E-state index contributed by atoms with van der Waals surface area (Å²) in [5, 5.41) is 8.49. The third-order valence-electron chi connectivity index (χ3n) is 1.14. The van der Waals surface area contributed by atoms with Crippen molar-refractivity contribution in [3.8, 4) is 6.07 Å². The van der Waals surface area contributed by atoms with Crippen LogP contribution in [-0.2, 0) is 18.3 Å². The summed E-state index contributed by atoms with van der Waals surface area (Å²) in [7, 11) is 0. The molecule has 0 radical (unpaired) electrons.